The van der Waals surface area contributed by atoms with E-state index in [4.69, 9.17) is 4.74 Å². The van der Waals surface area contributed by atoms with Crippen molar-refractivity contribution in [3.05, 3.63) is 81.2 Å². The van der Waals surface area contributed by atoms with Crippen molar-refractivity contribution < 1.29 is 24.0 Å². The SMILES string of the molecule is Cc1cc(C)nc(Nc2ccc(OC(=O)CCCN3C(=O)c4ccc([N+](=O)[O-])cc4C3=O)cc2)n1. The third kappa shape index (κ3) is 5.29. The van der Waals surface area contributed by atoms with Crippen molar-refractivity contribution in [3.8, 4) is 5.75 Å². The molecule has 0 aliphatic carbocycles. The van der Waals surface area contributed by atoms with E-state index in [0.717, 1.165) is 28.0 Å². The van der Waals surface area contributed by atoms with Crippen molar-refractivity contribution in [2.45, 2.75) is 26.7 Å². The summed E-state index contributed by atoms with van der Waals surface area (Å²) in [6, 6.07) is 12.1. The monoisotopic (exact) mass is 475 g/mol. The number of fused-ring (bicyclic) bond motifs is 1. The van der Waals surface area contributed by atoms with E-state index >= 15 is 0 Å². The summed E-state index contributed by atoms with van der Waals surface area (Å²) in [6.07, 6.45) is 0.167. The molecule has 2 aromatic carbocycles. The molecule has 0 spiro atoms. The molecule has 1 aliphatic rings. The number of esters is 1. The number of nitrogens with one attached hydrogen (secondary N) is 1. The molecule has 3 aromatic rings. The first-order chi connectivity index (χ1) is 16.7. The summed E-state index contributed by atoms with van der Waals surface area (Å²) >= 11 is 0. The number of carbonyl (C=O) groups is 3. The van der Waals surface area contributed by atoms with Crippen LogP contribution in [0.15, 0.2) is 48.5 Å². The molecule has 2 heterocycles. The molecule has 0 bridgehead atoms. The number of hydrogen-bond donors (Lipinski definition) is 1. The highest BCUT2D eigenvalue weighted by atomic mass is 16.6. The predicted octanol–water partition coefficient (Wildman–Crippen LogP) is 3.73. The standard InChI is InChI=1S/C24H21N5O6/c1-14-12-15(2)26-24(25-14)27-16-5-8-18(9-6-16)35-21(30)4-3-11-28-22(31)19-10-7-17(29(33)34)13-20(19)23(28)32/h5-10,12-13H,3-4,11H2,1-2H3,(H,25,26,27). The van der Waals surface area contributed by atoms with Gasteiger partial charge in [-0.05, 0) is 56.7 Å². The van der Waals surface area contributed by atoms with Crippen LogP contribution in [-0.2, 0) is 4.79 Å². The van der Waals surface area contributed by atoms with E-state index in [-0.39, 0.29) is 36.2 Å². The van der Waals surface area contributed by atoms with Gasteiger partial charge in [-0.2, -0.15) is 0 Å². The Hall–Kier alpha value is -4.67. The maximum atomic E-state index is 12.5. The molecule has 0 atom stereocenters. The Morgan fingerprint density at radius 3 is 2.31 bits per heavy atom. The van der Waals surface area contributed by atoms with Crippen LogP contribution in [0.5, 0.6) is 5.75 Å². The normalized spacial score (nSPS) is 12.5. The van der Waals surface area contributed by atoms with Crippen LogP contribution >= 0.6 is 0 Å². The minimum Gasteiger partial charge on any atom is -0.427 e. The number of amides is 2. The van der Waals surface area contributed by atoms with Crippen LogP contribution < -0.4 is 10.1 Å². The summed E-state index contributed by atoms with van der Waals surface area (Å²) in [6.45, 7) is 3.75. The zero-order valence-corrected chi connectivity index (χ0v) is 19.0. The van der Waals surface area contributed by atoms with Crippen LogP contribution in [0.1, 0.15) is 44.9 Å². The van der Waals surface area contributed by atoms with Gasteiger partial charge in [0.15, 0.2) is 0 Å². The molecule has 0 fully saturated rings. The Kier molecular flexibility index (Phi) is 6.49. The highest BCUT2D eigenvalue weighted by Gasteiger charge is 2.36. The number of rotatable bonds is 8. The molecule has 35 heavy (non-hydrogen) atoms. The zero-order valence-electron chi connectivity index (χ0n) is 19.0. The van der Waals surface area contributed by atoms with Gasteiger partial charge >= 0.3 is 5.97 Å². The van der Waals surface area contributed by atoms with Gasteiger partial charge in [-0.15, -0.1) is 0 Å². The van der Waals surface area contributed by atoms with Crippen molar-refractivity contribution >= 4 is 35.1 Å². The van der Waals surface area contributed by atoms with Crippen LogP contribution in [0.2, 0.25) is 0 Å². The number of hydrogen-bond acceptors (Lipinski definition) is 9. The number of benzene rings is 2. The summed E-state index contributed by atoms with van der Waals surface area (Å²) in [7, 11) is 0. The first-order valence-electron chi connectivity index (χ1n) is 10.8. The van der Waals surface area contributed by atoms with Gasteiger partial charge in [-0.3, -0.25) is 29.4 Å². The van der Waals surface area contributed by atoms with Crippen LogP contribution in [-0.4, -0.2) is 44.1 Å². The number of ether oxygens (including phenoxy) is 1. The highest BCUT2D eigenvalue weighted by Crippen LogP contribution is 2.27. The van der Waals surface area contributed by atoms with Gasteiger partial charge in [0.05, 0.1) is 16.1 Å². The molecule has 0 radical (unpaired) electrons. The number of nitrogens with zero attached hydrogens (tertiary/aromatic N) is 4. The fourth-order valence-corrected chi connectivity index (χ4v) is 3.68. The number of aromatic nitrogens is 2. The molecule has 0 saturated carbocycles. The van der Waals surface area contributed by atoms with Crippen LogP contribution in [0.4, 0.5) is 17.3 Å². The van der Waals surface area contributed by atoms with Gasteiger partial charge in [0.25, 0.3) is 17.5 Å². The summed E-state index contributed by atoms with van der Waals surface area (Å²) in [5.41, 5.74) is 2.25. The lowest BCUT2D eigenvalue weighted by Crippen LogP contribution is -2.31. The van der Waals surface area contributed by atoms with Gasteiger partial charge in [0.2, 0.25) is 5.95 Å². The fourth-order valence-electron chi connectivity index (χ4n) is 3.68. The minimum atomic E-state index is -0.628. The first-order valence-corrected chi connectivity index (χ1v) is 10.8. The Morgan fingerprint density at radius 2 is 1.66 bits per heavy atom. The Labute approximate surface area is 199 Å². The lowest BCUT2D eigenvalue weighted by atomic mass is 10.1. The predicted molar refractivity (Wildman–Crippen MR) is 125 cm³/mol. The first kappa shape index (κ1) is 23.5. The maximum Gasteiger partial charge on any atom is 0.311 e. The van der Waals surface area contributed by atoms with Crippen molar-refractivity contribution in [1.29, 1.82) is 0 Å². The average molecular weight is 475 g/mol. The second-order valence-corrected chi connectivity index (χ2v) is 7.95. The van der Waals surface area contributed by atoms with Crippen LogP contribution in [0.25, 0.3) is 0 Å². The van der Waals surface area contributed by atoms with E-state index in [9.17, 15) is 24.5 Å². The van der Waals surface area contributed by atoms with Crippen molar-refractivity contribution in [3.63, 3.8) is 0 Å². The van der Waals surface area contributed by atoms with Gasteiger partial charge in [-0.1, -0.05) is 0 Å². The molecule has 0 unspecified atom stereocenters. The molecule has 11 nitrogen and oxygen atoms in total. The Balaban J connectivity index is 1.28. The van der Waals surface area contributed by atoms with Gasteiger partial charge < -0.3 is 10.1 Å². The van der Waals surface area contributed by atoms with E-state index in [2.05, 4.69) is 15.3 Å². The Morgan fingerprint density at radius 1 is 1.00 bits per heavy atom. The van der Waals surface area contributed by atoms with Crippen LogP contribution in [0, 0.1) is 24.0 Å². The van der Waals surface area contributed by atoms with E-state index < -0.39 is 22.7 Å². The number of aryl methyl sites for hydroxylation is 2. The second-order valence-electron chi connectivity index (χ2n) is 7.95. The minimum absolute atomic E-state index is 0.00594. The van der Waals surface area contributed by atoms with E-state index in [0.29, 0.717) is 11.7 Å². The number of non-ortho nitro benzene ring substituents is 1. The molecule has 178 valence electrons. The van der Waals surface area contributed by atoms with Gasteiger partial charge in [0, 0.05) is 42.2 Å². The van der Waals surface area contributed by atoms with E-state index in [1.807, 2.05) is 19.9 Å². The Bertz CT molecular complexity index is 1320. The number of carbonyl (C=O) groups excluding carboxylic acids is 3. The van der Waals surface area contributed by atoms with E-state index in [1.54, 1.807) is 24.3 Å². The summed E-state index contributed by atoms with van der Waals surface area (Å²) < 4.78 is 5.32. The molecular formula is C24H21N5O6. The maximum absolute atomic E-state index is 12.5. The number of nitro groups is 1. The lowest BCUT2D eigenvalue weighted by Gasteiger charge is -2.13. The average Bonchev–Trinajstić information content (AvgIpc) is 3.04. The van der Waals surface area contributed by atoms with Crippen molar-refractivity contribution in [2.24, 2.45) is 0 Å². The van der Waals surface area contributed by atoms with Crippen molar-refractivity contribution in [1.82, 2.24) is 14.9 Å². The highest BCUT2D eigenvalue weighted by molar-refractivity contribution is 6.21. The third-order valence-electron chi connectivity index (χ3n) is 5.25. The van der Waals surface area contributed by atoms with E-state index in [1.165, 1.54) is 12.1 Å². The molecular weight excluding hydrogens is 454 g/mol. The molecule has 1 aliphatic heterocycles. The number of anilines is 2. The quantitative estimate of drug-likeness (QED) is 0.169. The lowest BCUT2D eigenvalue weighted by molar-refractivity contribution is -0.384. The topological polar surface area (TPSA) is 145 Å². The van der Waals surface area contributed by atoms with Gasteiger partial charge in [0.1, 0.15) is 5.75 Å². The number of imide groups is 1. The van der Waals surface area contributed by atoms with Gasteiger partial charge in [-0.25, -0.2) is 9.97 Å². The van der Waals surface area contributed by atoms with Crippen LogP contribution in [0.3, 0.4) is 0 Å². The molecule has 1 N–H and O–H groups in total. The molecule has 11 heteroatoms. The third-order valence-corrected chi connectivity index (χ3v) is 5.25. The van der Waals surface area contributed by atoms with Crippen molar-refractivity contribution in [2.75, 3.05) is 11.9 Å². The summed E-state index contributed by atoms with van der Waals surface area (Å²) in [5.74, 6) is -0.859. The summed E-state index contributed by atoms with van der Waals surface area (Å²) in [5, 5.41) is 14.0. The molecule has 2 amide bonds. The largest absolute Gasteiger partial charge is 0.427 e. The smallest absolute Gasteiger partial charge is 0.311 e. The molecule has 4 rings (SSSR count). The fraction of sp³-hybridized carbons (Fsp3) is 0.208. The summed E-state index contributed by atoms with van der Waals surface area (Å²) in [4.78, 5) is 57.1. The number of nitro benzene ring substituents is 1. The molecule has 0 saturated heterocycles. The molecule has 1 aromatic heterocycles. The second kappa shape index (κ2) is 9.67. The zero-order chi connectivity index (χ0) is 25.1.